The number of fused-ring (bicyclic) bond motifs is 1. The summed E-state index contributed by atoms with van der Waals surface area (Å²) in [6.07, 6.45) is 0.0978. The van der Waals surface area contributed by atoms with Gasteiger partial charge in [0.15, 0.2) is 0 Å². The second-order valence-electron chi connectivity index (χ2n) is 7.94. The van der Waals surface area contributed by atoms with Crippen LogP contribution in [0.15, 0.2) is 70.8 Å². The van der Waals surface area contributed by atoms with Crippen molar-refractivity contribution in [3.8, 4) is 0 Å². The van der Waals surface area contributed by atoms with Crippen LogP contribution in [0.1, 0.15) is 47.5 Å². The average Bonchev–Trinajstić information content (AvgIpc) is 3.30. The van der Waals surface area contributed by atoms with E-state index < -0.39 is 0 Å². The molecule has 0 bridgehead atoms. The summed E-state index contributed by atoms with van der Waals surface area (Å²) in [6, 6.07) is 19.5. The smallest absolute Gasteiger partial charge is 0.274 e. The zero-order valence-electron chi connectivity index (χ0n) is 17.8. The van der Waals surface area contributed by atoms with Gasteiger partial charge in [0.1, 0.15) is 0 Å². The summed E-state index contributed by atoms with van der Waals surface area (Å²) in [5.41, 5.74) is 2.73. The van der Waals surface area contributed by atoms with Gasteiger partial charge in [0.25, 0.3) is 5.56 Å². The summed E-state index contributed by atoms with van der Waals surface area (Å²) in [4.78, 5) is 26.5. The number of carbonyl (C=O) groups excluding carboxylic acids is 1. The van der Waals surface area contributed by atoms with E-state index in [4.69, 9.17) is 0 Å². The first kappa shape index (κ1) is 21.0. The Morgan fingerprint density at radius 3 is 2.32 bits per heavy atom. The molecule has 1 atom stereocenters. The number of hydrogen-bond donors (Lipinski definition) is 1. The Kier molecular flexibility index (Phi) is 6.00. The number of amides is 1. The zero-order chi connectivity index (χ0) is 22.0. The van der Waals surface area contributed by atoms with Crippen molar-refractivity contribution < 1.29 is 4.79 Å². The number of hydrogen-bond acceptors (Lipinski definition) is 4. The second kappa shape index (κ2) is 8.86. The van der Waals surface area contributed by atoms with Crippen molar-refractivity contribution in [3.63, 3.8) is 0 Å². The van der Waals surface area contributed by atoms with E-state index in [1.165, 1.54) is 10.2 Å². The monoisotopic (exact) mass is 431 g/mol. The molecule has 0 saturated carbocycles. The summed E-state index contributed by atoms with van der Waals surface area (Å²) < 4.78 is 1.30. The van der Waals surface area contributed by atoms with Crippen LogP contribution >= 0.6 is 11.3 Å². The molecule has 2 aromatic heterocycles. The zero-order valence-corrected chi connectivity index (χ0v) is 18.6. The van der Waals surface area contributed by atoms with E-state index in [2.05, 4.69) is 48.5 Å². The molecule has 0 aliphatic carbocycles. The first-order valence-corrected chi connectivity index (χ1v) is 11.2. The molecule has 2 aromatic carbocycles. The van der Waals surface area contributed by atoms with Crippen LogP contribution in [0.2, 0.25) is 0 Å². The van der Waals surface area contributed by atoms with Gasteiger partial charge in [-0.1, -0.05) is 62.4 Å². The van der Waals surface area contributed by atoms with E-state index in [1.54, 1.807) is 24.5 Å². The molecule has 31 heavy (non-hydrogen) atoms. The minimum Gasteiger partial charge on any atom is -0.344 e. The number of benzene rings is 2. The summed E-state index contributed by atoms with van der Waals surface area (Å²) in [5, 5.41) is 10.8. The maximum atomic E-state index is 13.1. The Morgan fingerprint density at radius 1 is 1.00 bits per heavy atom. The third kappa shape index (κ3) is 4.44. The molecule has 158 valence electrons. The normalized spacial score (nSPS) is 12.3. The van der Waals surface area contributed by atoms with Crippen LogP contribution in [0.4, 0.5) is 0 Å². The molecule has 0 saturated heterocycles. The quantitative estimate of drug-likeness (QED) is 0.487. The van der Waals surface area contributed by atoms with Crippen molar-refractivity contribution in [2.75, 3.05) is 0 Å². The van der Waals surface area contributed by atoms with Gasteiger partial charge in [0.05, 0.1) is 23.5 Å². The first-order valence-electron chi connectivity index (χ1n) is 10.3. The molecular formula is C25H25N3O2S. The van der Waals surface area contributed by atoms with Gasteiger partial charge in [0, 0.05) is 17.3 Å². The van der Waals surface area contributed by atoms with E-state index in [0.29, 0.717) is 17.0 Å². The molecule has 0 aliphatic heterocycles. The fourth-order valence-electron chi connectivity index (χ4n) is 3.72. The van der Waals surface area contributed by atoms with Crippen molar-refractivity contribution in [3.05, 3.63) is 98.1 Å². The number of thiophene rings is 1. The Balaban J connectivity index is 1.63. The maximum Gasteiger partial charge on any atom is 0.274 e. The number of aryl methyl sites for hydroxylation is 1. The molecule has 0 fully saturated rings. The second-order valence-corrected chi connectivity index (χ2v) is 8.91. The number of nitrogens with one attached hydrogen (secondary N) is 1. The number of carbonyl (C=O) groups is 1. The van der Waals surface area contributed by atoms with E-state index in [1.807, 2.05) is 35.7 Å². The highest BCUT2D eigenvalue weighted by Crippen LogP contribution is 2.27. The minimum absolute atomic E-state index is 0.0978. The van der Waals surface area contributed by atoms with Crippen LogP contribution in [0.5, 0.6) is 0 Å². The van der Waals surface area contributed by atoms with Gasteiger partial charge in [-0.3, -0.25) is 9.59 Å². The molecule has 1 amide bonds. The molecule has 6 heteroatoms. The van der Waals surface area contributed by atoms with Crippen LogP contribution in [-0.4, -0.2) is 15.7 Å². The van der Waals surface area contributed by atoms with Crippen LogP contribution in [-0.2, 0) is 18.3 Å². The molecular weight excluding hydrogens is 406 g/mol. The highest BCUT2D eigenvalue weighted by molar-refractivity contribution is 7.10. The van der Waals surface area contributed by atoms with Crippen LogP contribution in [0, 0.1) is 0 Å². The largest absolute Gasteiger partial charge is 0.344 e. The van der Waals surface area contributed by atoms with Crippen molar-refractivity contribution in [1.29, 1.82) is 0 Å². The van der Waals surface area contributed by atoms with E-state index >= 15 is 0 Å². The summed E-state index contributed by atoms with van der Waals surface area (Å²) in [5.74, 6) is 0.315. The molecule has 4 rings (SSSR count). The van der Waals surface area contributed by atoms with Gasteiger partial charge in [0.2, 0.25) is 5.91 Å². The Hall–Kier alpha value is -3.25. The van der Waals surface area contributed by atoms with Gasteiger partial charge >= 0.3 is 0 Å². The highest BCUT2D eigenvalue weighted by atomic mass is 32.1. The van der Waals surface area contributed by atoms with Crippen LogP contribution in [0.25, 0.3) is 10.8 Å². The number of rotatable bonds is 6. The van der Waals surface area contributed by atoms with Crippen molar-refractivity contribution >= 4 is 28.0 Å². The van der Waals surface area contributed by atoms with E-state index in [9.17, 15) is 9.59 Å². The molecule has 0 aliphatic rings. The Morgan fingerprint density at radius 2 is 1.68 bits per heavy atom. The fraction of sp³-hybridized carbons (Fsp3) is 0.240. The van der Waals surface area contributed by atoms with Gasteiger partial charge in [-0.25, -0.2) is 4.68 Å². The average molecular weight is 432 g/mol. The SMILES string of the molecule is CC(C)c1ccc(C(NC(=O)Cc2nn(C)c(=O)c3ccccc23)c2cccs2)cc1. The van der Waals surface area contributed by atoms with Gasteiger partial charge in [-0.05, 0) is 34.6 Å². The molecule has 0 spiro atoms. The van der Waals surface area contributed by atoms with E-state index in [-0.39, 0.29) is 23.9 Å². The van der Waals surface area contributed by atoms with Gasteiger partial charge in [-0.15, -0.1) is 11.3 Å². The molecule has 4 aromatic rings. The first-order chi connectivity index (χ1) is 14.9. The number of nitrogens with zero attached hydrogens (tertiary/aromatic N) is 2. The third-order valence-electron chi connectivity index (χ3n) is 5.43. The lowest BCUT2D eigenvalue weighted by Crippen LogP contribution is -2.31. The lowest BCUT2D eigenvalue weighted by Gasteiger charge is -2.19. The molecule has 0 radical (unpaired) electrons. The standard InChI is InChI=1S/C25H25N3O2S/c1-16(2)17-10-12-18(13-11-17)24(22-9-6-14-31-22)26-23(29)15-21-19-7-4-5-8-20(19)25(30)28(3)27-21/h4-14,16,24H,15H2,1-3H3,(H,26,29). The fourth-order valence-corrected chi connectivity index (χ4v) is 4.52. The lowest BCUT2D eigenvalue weighted by molar-refractivity contribution is -0.121. The molecule has 5 nitrogen and oxygen atoms in total. The summed E-state index contributed by atoms with van der Waals surface area (Å²) in [7, 11) is 1.61. The Labute approximate surface area is 185 Å². The van der Waals surface area contributed by atoms with Crippen LogP contribution < -0.4 is 10.9 Å². The predicted octanol–water partition coefficient (Wildman–Crippen LogP) is 4.57. The van der Waals surface area contributed by atoms with Crippen molar-refractivity contribution in [1.82, 2.24) is 15.1 Å². The van der Waals surface area contributed by atoms with Gasteiger partial charge in [-0.2, -0.15) is 5.10 Å². The highest BCUT2D eigenvalue weighted by Gasteiger charge is 2.20. The van der Waals surface area contributed by atoms with E-state index in [0.717, 1.165) is 15.8 Å². The molecule has 1 unspecified atom stereocenters. The Bertz CT molecular complexity index is 1260. The van der Waals surface area contributed by atoms with Gasteiger partial charge < -0.3 is 5.32 Å². The van der Waals surface area contributed by atoms with Crippen molar-refractivity contribution in [2.24, 2.45) is 7.05 Å². The molecule has 1 N–H and O–H groups in total. The summed E-state index contributed by atoms with van der Waals surface area (Å²) >= 11 is 1.62. The minimum atomic E-state index is -0.229. The number of aromatic nitrogens is 2. The maximum absolute atomic E-state index is 13.1. The topological polar surface area (TPSA) is 64.0 Å². The lowest BCUT2D eigenvalue weighted by atomic mass is 9.98. The van der Waals surface area contributed by atoms with Crippen molar-refractivity contribution in [2.45, 2.75) is 32.2 Å². The van der Waals surface area contributed by atoms with Crippen LogP contribution in [0.3, 0.4) is 0 Å². The predicted molar refractivity (Wildman–Crippen MR) is 126 cm³/mol. The summed E-state index contributed by atoms with van der Waals surface area (Å²) in [6.45, 7) is 4.33. The molecule has 2 heterocycles. The third-order valence-corrected chi connectivity index (χ3v) is 6.37.